The summed E-state index contributed by atoms with van der Waals surface area (Å²) in [6.45, 7) is 4.29. The molecule has 4 nitrogen and oxygen atoms in total. The van der Waals surface area contributed by atoms with Crippen molar-refractivity contribution in [3.63, 3.8) is 0 Å². The zero-order valence-corrected chi connectivity index (χ0v) is 13.6. The minimum absolute atomic E-state index is 0.170. The lowest BCUT2D eigenvalue weighted by Crippen LogP contribution is -2.21. The van der Waals surface area contributed by atoms with Crippen molar-refractivity contribution < 1.29 is 9.90 Å². The number of carbonyl (C=O) groups excluding carboxylic acids is 1. The smallest absolute Gasteiger partial charge is 0.0715 e. The summed E-state index contributed by atoms with van der Waals surface area (Å²) in [6.07, 6.45) is 7.02. The number of benzene rings is 1. The Kier molecular flexibility index (Phi) is 4.33. The molecule has 120 valence electrons. The van der Waals surface area contributed by atoms with E-state index in [0.29, 0.717) is 6.04 Å². The van der Waals surface area contributed by atoms with Crippen molar-refractivity contribution in [1.82, 2.24) is 4.57 Å². The molecule has 0 unspecified atom stereocenters. The van der Waals surface area contributed by atoms with E-state index in [4.69, 9.17) is 0 Å². The van der Waals surface area contributed by atoms with Crippen LogP contribution in [-0.2, 0) is 0 Å². The Bertz CT molecular complexity index is 735. The molecule has 0 N–H and O–H groups in total. The summed E-state index contributed by atoms with van der Waals surface area (Å²) in [5, 5.41) is 10.8. The number of carbonyl (C=O) groups is 1. The second-order valence-electron chi connectivity index (χ2n) is 6.23. The summed E-state index contributed by atoms with van der Waals surface area (Å²) in [7, 11) is 0. The number of aryl methyl sites for hydroxylation is 1. The van der Waals surface area contributed by atoms with Crippen LogP contribution in [-0.4, -0.2) is 16.8 Å². The Labute approximate surface area is 136 Å². The van der Waals surface area contributed by atoms with Gasteiger partial charge in [-0.1, -0.05) is 25.0 Å². The van der Waals surface area contributed by atoms with Crippen molar-refractivity contribution in [1.29, 1.82) is 0 Å². The molecule has 1 aromatic carbocycles. The first kappa shape index (κ1) is 15.5. The monoisotopic (exact) mass is 309 g/mol. The third-order valence-electron chi connectivity index (χ3n) is 4.67. The number of rotatable bonds is 4. The normalized spacial score (nSPS) is 15.6. The topological polar surface area (TPSA) is 57.4 Å². The van der Waals surface area contributed by atoms with Crippen LogP contribution in [0, 0.1) is 13.8 Å². The van der Waals surface area contributed by atoms with Gasteiger partial charge < -0.3 is 14.5 Å². The fourth-order valence-electron chi connectivity index (χ4n) is 3.49. The summed E-state index contributed by atoms with van der Waals surface area (Å²) >= 11 is 0. The fourth-order valence-corrected chi connectivity index (χ4v) is 3.49. The van der Waals surface area contributed by atoms with Crippen LogP contribution in [0.25, 0.3) is 0 Å². The molecule has 0 aliphatic heterocycles. The Morgan fingerprint density at radius 3 is 2.48 bits per heavy atom. The highest BCUT2D eigenvalue weighted by Crippen LogP contribution is 2.33. The van der Waals surface area contributed by atoms with Crippen LogP contribution in [0.5, 0.6) is 0 Å². The highest BCUT2D eigenvalue weighted by molar-refractivity contribution is 5.87. The standard InChI is InChI=1S/C19H22N2O2/c1-13-11-16(14(2)21(13)18-5-3-4-6-18)12-20-17-9-7-15(8-10-17)19(22)23/h7-12,18H,3-6H2,1-2H3,(H,22,23)/p-1. The number of hydrogen-bond donors (Lipinski definition) is 0. The highest BCUT2D eigenvalue weighted by Gasteiger charge is 2.20. The second kappa shape index (κ2) is 6.41. The van der Waals surface area contributed by atoms with Gasteiger partial charge in [-0.2, -0.15) is 0 Å². The van der Waals surface area contributed by atoms with E-state index in [1.807, 2.05) is 6.21 Å². The van der Waals surface area contributed by atoms with Crippen molar-refractivity contribution in [2.24, 2.45) is 4.99 Å². The predicted octanol–water partition coefficient (Wildman–Crippen LogP) is 3.33. The minimum atomic E-state index is -1.17. The Balaban J connectivity index is 1.82. The van der Waals surface area contributed by atoms with E-state index in [0.717, 1.165) is 11.3 Å². The van der Waals surface area contributed by atoms with Gasteiger partial charge in [0.15, 0.2) is 0 Å². The van der Waals surface area contributed by atoms with Gasteiger partial charge >= 0.3 is 0 Å². The minimum Gasteiger partial charge on any atom is -0.545 e. The molecular formula is C19H21N2O2-. The number of aromatic carboxylic acids is 1. The van der Waals surface area contributed by atoms with Crippen molar-refractivity contribution in [2.45, 2.75) is 45.6 Å². The number of carboxylic acids is 1. The molecule has 0 radical (unpaired) electrons. The number of carboxylic acid groups (broad SMARTS) is 1. The molecule has 1 fully saturated rings. The molecular weight excluding hydrogens is 288 g/mol. The van der Waals surface area contributed by atoms with E-state index < -0.39 is 5.97 Å². The average Bonchev–Trinajstić information content (AvgIpc) is 3.14. The molecule has 2 aromatic rings. The molecule has 0 amide bonds. The quantitative estimate of drug-likeness (QED) is 0.813. The van der Waals surface area contributed by atoms with Crippen LogP contribution >= 0.6 is 0 Å². The van der Waals surface area contributed by atoms with Gasteiger partial charge in [-0.15, -0.1) is 0 Å². The zero-order valence-electron chi connectivity index (χ0n) is 13.6. The lowest BCUT2D eigenvalue weighted by molar-refractivity contribution is -0.255. The van der Waals surface area contributed by atoms with Crippen molar-refractivity contribution in [2.75, 3.05) is 0 Å². The Morgan fingerprint density at radius 1 is 1.22 bits per heavy atom. The van der Waals surface area contributed by atoms with Gasteiger partial charge in [0.05, 0.1) is 11.7 Å². The lowest BCUT2D eigenvalue weighted by atomic mass is 10.2. The first-order valence-corrected chi connectivity index (χ1v) is 8.10. The van der Waals surface area contributed by atoms with Gasteiger partial charge in [-0.25, -0.2) is 0 Å². The average molecular weight is 309 g/mol. The van der Waals surface area contributed by atoms with Crippen LogP contribution in [0.3, 0.4) is 0 Å². The maximum Gasteiger partial charge on any atom is 0.0715 e. The van der Waals surface area contributed by atoms with Crippen molar-refractivity contribution in [3.05, 3.63) is 52.8 Å². The van der Waals surface area contributed by atoms with Gasteiger partial charge in [0.2, 0.25) is 0 Å². The summed E-state index contributed by atoms with van der Waals surface area (Å²) in [6, 6.07) is 9.22. The second-order valence-corrected chi connectivity index (χ2v) is 6.23. The molecule has 0 atom stereocenters. The number of aromatic nitrogens is 1. The van der Waals surface area contributed by atoms with Crippen LogP contribution in [0.2, 0.25) is 0 Å². The van der Waals surface area contributed by atoms with Gasteiger partial charge in [-0.05, 0) is 50.5 Å². The molecule has 1 saturated carbocycles. The number of nitrogens with zero attached hydrogens (tertiary/aromatic N) is 2. The first-order chi connectivity index (χ1) is 11.1. The molecule has 0 bridgehead atoms. The predicted molar refractivity (Wildman–Crippen MR) is 89.4 cm³/mol. The molecule has 1 aliphatic carbocycles. The highest BCUT2D eigenvalue weighted by atomic mass is 16.4. The van der Waals surface area contributed by atoms with E-state index in [9.17, 15) is 9.90 Å². The maximum atomic E-state index is 10.8. The molecule has 3 rings (SSSR count). The summed E-state index contributed by atoms with van der Waals surface area (Å²) in [5.74, 6) is -1.17. The largest absolute Gasteiger partial charge is 0.545 e. The van der Waals surface area contributed by atoms with E-state index in [1.54, 1.807) is 12.1 Å². The summed E-state index contributed by atoms with van der Waals surface area (Å²) in [5.41, 5.74) is 4.56. The maximum absolute atomic E-state index is 10.8. The van der Waals surface area contributed by atoms with E-state index in [-0.39, 0.29) is 5.56 Å². The van der Waals surface area contributed by atoms with Crippen LogP contribution in [0.15, 0.2) is 35.3 Å². The van der Waals surface area contributed by atoms with E-state index >= 15 is 0 Å². The van der Waals surface area contributed by atoms with Crippen LogP contribution < -0.4 is 5.11 Å². The summed E-state index contributed by atoms with van der Waals surface area (Å²) < 4.78 is 2.44. The van der Waals surface area contributed by atoms with Crippen LogP contribution in [0.4, 0.5) is 5.69 Å². The lowest BCUT2D eigenvalue weighted by Gasteiger charge is -2.17. The van der Waals surface area contributed by atoms with Gasteiger partial charge in [-0.3, -0.25) is 4.99 Å². The molecule has 4 heteroatoms. The van der Waals surface area contributed by atoms with Crippen LogP contribution in [0.1, 0.15) is 59.0 Å². The number of hydrogen-bond acceptors (Lipinski definition) is 3. The Morgan fingerprint density at radius 2 is 1.87 bits per heavy atom. The molecule has 1 aromatic heterocycles. The van der Waals surface area contributed by atoms with Gasteiger partial charge in [0.1, 0.15) is 0 Å². The van der Waals surface area contributed by atoms with E-state index in [2.05, 4.69) is 29.5 Å². The molecule has 23 heavy (non-hydrogen) atoms. The molecule has 0 saturated heterocycles. The third kappa shape index (κ3) is 3.21. The number of aliphatic imine (C=N–C) groups is 1. The first-order valence-electron chi connectivity index (χ1n) is 8.10. The molecule has 1 aliphatic rings. The SMILES string of the molecule is Cc1cc(C=Nc2ccc(C(=O)[O-])cc2)c(C)n1C1CCCC1. The van der Waals surface area contributed by atoms with Crippen molar-refractivity contribution in [3.8, 4) is 0 Å². The zero-order chi connectivity index (χ0) is 16.4. The molecule has 0 spiro atoms. The van der Waals surface area contributed by atoms with Gasteiger partial charge in [0, 0.05) is 29.2 Å². The van der Waals surface area contributed by atoms with Crippen molar-refractivity contribution >= 4 is 17.9 Å². The Hall–Kier alpha value is -2.36. The summed E-state index contributed by atoms with van der Waals surface area (Å²) in [4.78, 5) is 15.2. The van der Waals surface area contributed by atoms with Gasteiger partial charge in [0.25, 0.3) is 0 Å². The molecule has 1 heterocycles. The fraction of sp³-hybridized carbons (Fsp3) is 0.368. The third-order valence-corrected chi connectivity index (χ3v) is 4.67. The van der Waals surface area contributed by atoms with E-state index in [1.165, 1.54) is 49.2 Å².